The highest BCUT2D eigenvalue weighted by atomic mass is 32.2. The maximum absolute atomic E-state index is 11.2. The summed E-state index contributed by atoms with van der Waals surface area (Å²) < 4.78 is 34.1. The number of amides is 1. The van der Waals surface area contributed by atoms with E-state index in [0.29, 0.717) is 17.7 Å². The number of hydrogen-bond donors (Lipinski definition) is 2. The molecule has 1 aliphatic rings. The zero-order chi connectivity index (χ0) is 18.6. The molecule has 132 valence electrons. The number of methoxy groups -OCH3 is 1. The number of esters is 1. The Kier molecular flexibility index (Phi) is 5.55. The van der Waals surface area contributed by atoms with Gasteiger partial charge in [0.15, 0.2) is 0 Å². The van der Waals surface area contributed by atoms with Crippen molar-refractivity contribution in [3.05, 3.63) is 59.2 Å². The van der Waals surface area contributed by atoms with Crippen molar-refractivity contribution in [1.82, 2.24) is 0 Å². The Morgan fingerprint density at radius 3 is 2.36 bits per heavy atom. The van der Waals surface area contributed by atoms with Gasteiger partial charge in [-0.05, 0) is 36.8 Å². The molecule has 0 saturated heterocycles. The van der Waals surface area contributed by atoms with Gasteiger partial charge in [-0.3, -0.25) is 9.35 Å². The van der Waals surface area contributed by atoms with Gasteiger partial charge in [-0.25, -0.2) is 4.79 Å². The van der Waals surface area contributed by atoms with Crippen LogP contribution in [0.15, 0.2) is 47.4 Å². The Bertz CT molecular complexity index is 903. The van der Waals surface area contributed by atoms with Crippen molar-refractivity contribution in [3.8, 4) is 0 Å². The Morgan fingerprint density at radius 2 is 1.80 bits per heavy atom. The van der Waals surface area contributed by atoms with Gasteiger partial charge in [0.2, 0.25) is 5.91 Å². The van der Waals surface area contributed by atoms with Crippen LogP contribution >= 0.6 is 0 Å². The Labute approximate surface area is 145 Å². The van der Waals surface area contributed by atoms with Gasteiger partial charge in [0, 0.05) is 5.69 Å². The first kappa shape index (κ1) is 18.6. The molecule has 0 radical (unpaired) electrons. The second-order valence-electron chi connectivity index (χ2n) is 5.38. The van der Waals surface area contributed by atoms with Gasteiger partial charge in [-0.15, -0.1) is 0 Å². The molecule has 1 aliphatic heterocycles. The minimum atomic E-state index is -4.02. The fraction of sp³-hybridized carbons (Fsp3) is 0.176. The first-order valence-corrected chi connectivity index (χ1v) is 8.70. The molecule has 1 amide bonds. The lowest BCUT2D eigenvalue weighted by Gasteiger charge is -2.01. The van der Waals surface area contributed by atoms with E-state index >= 15 is 0 Å². The van der Waals surface area contributed by atoms with Crippen LogP contribution in [0.25, 0.3) is 0 Å². The van der Waals surface area contributed by atoms with Crippen molar-refractivity contribution in [2.75, 3.05) is 12.4 Å². The molecule has 0 aromatic heterocycles. The second-order valence-corrected chi connectivity index (χ2v) is 6.80. The van der Waals surface area contributed by atoms with E-state index < -0.39 is 16.1 Å². The van der Waals surface area contributed by atoms with E-state index in [2.05, 4.69) is 10.1 Å². The molecule has 8 heteroatoms. The summed E-state index contributed by atoms with van der Waals surface area (Å²) in [4.78, 5) is 22.1. The number of aryl methyl sites for hydroxylation is 1. The number of anilines is 1. The molecule has 2 aromatic rings. The van der Waals surface area contributed by atoms with Crippen molar-refractivity contribution >= 4 is 27.7 Å². The number of fused-ring (bicyclic) bond motifs is 1. The fourth-order valence-electron chi connectivity index (χ4n) is 2.17. The first-order chi connectivity index (χ1) is 11.7. The van der Waals surface area contributed by atoms with Gasteiger partial charge >= 0.3 is 5.97 Å². The second kappa shape index (κ2) is 7.45. The predicted octanol–water partition coefficient (Wildman–Crippen LogP) is 2.21. The number of hydrogen-bond acceptors (Lipinski definition) is 5. The highest BCUT2D eigenvalue weighted by molar-refractivity contribution is 7.85. The number of ether oxygens (including phenoxy) is 1. The van der Waals surface area contributed by atoms with E-state index in [1.54, 1.807) is 30.3 Å². The molecular weight excluding hydrogens is 346 g/mol. The minimum Gasteiger partial charge on any atom is -0.465 e. The number of carbonyl (C=O) groups is 2. The highest BCUT2D eigenvalue weighted by Gasteiger charge is 2.19. The molecule has 0 fully saturated rings. The van der Waals surface area contributed by atoms with Crippen molar-refractivity contribution < 1.29 is 27.3 Å². The summed E-state index contributed by atoms with van der Waals surface area (Å²) in [5.74, 6) is -0.434. The number of rotatable bonds is 2. The molecular formula is C17H17NO6S. The van der Waals surface area contributed by atoms with Crippen molar-refractivity contribution in [1.29, 1.82) is 0 Å². The van der Waals surface area contributed by atoms with E-state index in [1.165, 1.54) is 19.2 Å². The van der Waals surface area contributed by atoms with E-state index in [9.17, 15) is 18.0 Å². The van der Waals surface area contributed by atoms with Gasteiger partial charge in [-0.1, -0.05) is 23.8 Å². The van der Waals surface area contributed by atoms with Gasteiger partial charge < -0.3 is 10.1 Å². The summed E-state index contributed by atoms with van der Waals surface area (Å²) >= 11 is 0. The van der Waals surface area contributed by atoms with Crippen LogP contribution in [0.5, 0.6) is 0 Å². The number of benzene rings is 2. The zero-order valence-electron chi connectivity index (χ0n) is 13.6. The summed E-state index contributed by atoms with van der Waals surface area (Å²) in [5, 5.41) is 2.67. The molecule has 0 atom stereocenters. The van der Waals surface area contributed by atoms with Crippen LogP contribution < -0.4 is 5.32 Å². The summed E-state index contributed by atoms with van der Waals surface area (Å²) in [6.45, 7) is 1.84. The molecule has 0 aliphatic carbocycles. The monoisotopic (exact) mass is 363 g/mol. The molecule has 3 rings (SSSR count). The SMILES string of the molecule is COC(=O)c1ccc2c(c1)NC(=O)C2.Cc1ccc(S(=O)(=O)O)cc1. The normalized spacial score (nSPS) is 12.5. The molecule has 25 heavy (non-hydrogen) atoms. The summed E-state index contributed by atoms with van der Waals surface area (Å²) in [5.41, 5.74) is 3.03. The van der Waals surface area contributed by atoms with Gasteiger partial charge in [-0.2, -0.15) is 8.42 Å². The van der Waals surface area contributed by atoms with Crippen molar-refractivity contribution in [3.63, 3.8) is 0 Å². The third kappa shape index (κ3) is 4.88. The van der Waals surface area contributed by atoms with Gasteiger partial charge in [0.1, 0.15) is 0 Å². The molecule has 0 spiro atoms. The first-order valence-electron chi connectivity index (χ1n) is 7.26. The summed E-state index contributed by atoms with van der Waals surface area (Å²) in [6.07, 6.45) is 0.386. The topological polar surface area (TPSA) is 110 Å². The van der Waals surface area contributed by atoms with Crippen LogP contribution in [0.1, 0.15) is 21.5 Å². The number of carbonyl (C=O) groups excluding carboxylic acids is 2. The quantitative estimate of drug-likeness (QED) is 0.625. The Hall–Kier alpha value is -2.71. The van der Waals surface area contributed by atoms with Crippen LogP contribution in [0, 0.1) is 6.92 Å². The van der Waals surface area contributed by atoms with Crippen LogP contribution in [-0.4, -0.2) is 32.0 Å². The largest absolute Gasteiger partial charge is 0.465 e. The van der Waals surface area contributed by atoms with Gasteiger partial charge in [0.05, 0.1) is 24.0 Å². The van der Waals surface area contributed by atoms with E-state index in [4.69, 9.17) is 4.55 Å². The molecule has 0 saturated carbocycles. The molecule has 1 heterocycles. The van der Waals surface area contributed by atoms with E-state index in [1.807, 2.05) is 6.92 Å². The van der Waals surface area contributed by atoms with Crippen LogP contribution in [-0.2, 0) is 26.1 Å². The molecule has 2 N–H and O–H groups in total. The minimum absolute atomic E-state index is 0.0398. The van der Waals surface area contributed by atoms with Gasteiger partial charge in [0.25, 0.3) is 10.1 Å². The maximum atomic E-state index is 11.2. The zero-order valence-corrected chi connectivity index (χ0v) is 14.5. The van der Waals surface area contributed by atoms with Crippen molar-refractivity contribution in [2.45, 2.75) is 18.2 Å². The Balaban J connectivity index is 0.000000186. The van der Waals surface area contributed by atoms with Crippen molar-refractivity contribution in [2.24, 2.45) is 0 Å². The maximum Gasteiger partial charge on any atom is 0.337 e. The van der Waals surface area contributed by atoms with Crippen LogP contribution in [0.2, 0.25) is 0 Å². The lowest BCUT2D eigenvalue weighted by Crippen LogP contribution is -2.04. The van der Waals surface area contributed by atoms with E-state index in [-0.39, 0.29) is 10.8 Å². The third-order valence-corrected chi connectivity index (χ3v) is 4.34. The molecule has 0 unspecified atom stereocenters. The smallest absolute Gasteiger partial charge is 0.337 e. The third-order valence-electron chi connectivity index (χ3n) is 3.47. The lowest BCUT2D eigenvalue weighted by atomic mass is 10.1. The van der Waals surface area contributed by atoms with Crippen LogP contribution in [0.3, 0.4) is 0 Å². The van der Waals surface area contributed by atoms with Crippen LogP contribution in [0.4, 0.5) is 5.69 Å². The van der Waals surface area contributed by atoms with E-state index in [0.717, 1.165) is 11.1 Å². The lowest BCUT2D eigenvalue weighted by molar-refractivity contribution is -0.115. The number of nitrogens with one attached hydrogen (secondary N) is 1. The predicted molar refractivity (Wildman–Crippen MR) is 91.1 cm³/mol. The molecule has 7 nitrogen and oxygen atoms in total. The average molecular weight is 363 g/mol. The highest BCUT2D eigenvalue weighted by Crippen LogP contribution is 2.24. The summed E-state index contributed by atoms with van der Waals surface area (Å²) in [7, 11) is -2.69. The fourth-order valence-corrected chi connectivity index (χ4v) is 2.65. The molecule has 2 aromatic carbocycles. The standard InChI is InChI=1S/C10H9NO3.C7H8O3S/c1-14-10(13)7-3-2-6-5-9(12)11-8(6)4-7;1-6-2-4-7(5-3-6)11(8,9)10/h2-4H,5H2,1H3,(H,11,12);2-5H,1H3,(H,8,9,10). The summed E-state index contributed by atoms with van der Waals surface area (Å²) in [6, 6.07) is 11.0. The average Bonchev–Trinajstić information content (AvgIpc) is 2.93. The Morgan fingerprint density at radius 1 is 1.16 bits per heavy atom. The molecule has 0 bridgehead atoms.